The molecule has 0 aromatic carbocycles. The van der Waals surface area contributed by atoms with E-state index < -0.39 is 6.10 Å². The van der Waals surface area contributed by atoms with Crippen LogP contribution in [-0.2, 0) is 0 Å². The van der Waals surface area contributed by atoms with Crippen molar-refractivity contribution in [2.24, 2.45) is 0 Å². The van der Waals surface area contributed by atoms with Crippen LogP contribution in [0.2, 0.25) is 0 Å². The van der Waals surface area contributed by atoms with Crippen molar-refractivity contribution in [1.82, 2.24) is 9.55 Å². The van der Waals surface area contributed by atoms with Crippen molar-refractivity contribution >= 4 is 21.6 Å². The lowest BCUT2D eigenvalue weighted by molar-refractivity contribution is 0.137. The van der Waals surface area contributed by atoms with Crippen LogP contribution in [0, 0.1) is 0 Å². The van der Waals surface area contributed by atoms with Crippen LogP contribution in [0.15, 0.2) is 22.6 Å². The van der Waals surface area contributed by atoms with Gasteiger partial charge in [0.1, 0.15) is 4.70 Å². The maximum atomic E-state index is 12.0. The molecule has 0 fully saturated rings. The van der Waals surface area contributed by atoms with E-state index in [1.807, 2.05) is 11.4 Å². The summed E-state index contributed by atoms with van der Waals surface area (Å²) in [6, 6.07) is 1.56. The van der Waals surface area contributed by atoms with Gasteiger partial charge in [-0.1, -0.05) is 0 Å². The largest absolute Gasteiger partial charge is 0.391 e. The van der Waals surface area contributed by atoms with E-state index in [0.29, 0.717) is 4.70 Å². The molecule has 2 heterocycles. The Morgan fingerprint density at radius 3 is 2.93 bits per heavy atom. The van der Waals surface area contributed by atoms with Crippen LogP contribution in [0.25, 0.3) is 10.2 Å². The topological polar surface area (TPSA) is 55.1 Å². The fourth-order valence-electron chi connectivity index (χ4n) is 1.38. The summed E-state index contributed by atoms with van der Waals surface area (Å²) in [5, 5.41) is 11.3. The quantitative estimate of drug-likeness (QED) is 0.839. The van der Waals surface area contributed by atoms with Gasteiger partial charge in [0, 0.05) is 0 Å². The number of hydrogen-bond acceptors (Lipinski definition) is 4. The second-order valence-electron chi connectivity index (χ2n) is 3.57. The number of aliphatic hydroxyl groups is 1. The Balaban J connectivity index is 2.62. The van der Waals surface area contributed by atoms with Crippen LogP contribution in [0.3, 0.4) is 0 Å². The second-order valence-corrected chi connectivity index (χ2v) is 4.49. The molecule has 0 amide bonds. The summed E-state index contributed by atoms with van der Waals surface area (Å²) in [4.78, 5) is 16.1. The van der Waals surface area contributed by atoms with Crippen molar-refractivity contribution < 1.29 is 5.11 Å². The summed E-state index contributed by atoms with van der Waals surface area (Å²) >= 11 is 1.38. The molecule has 0 aliphatic heterocycles. The molecular weight excluding hydrogens is 212 g/mol. The lowest BCUT2D eigenvalue weighted by Crippen LogP contribution is -2.28. The number of thiophene rings is 1. The molecule has 0 radical (unpaired) electrons. The number of aromatic nitrogens is 2. The Hall–Kier alpha value is -1.20. The average molecular weight is 224 g/mol. The fourth-order valence-corrected chi connectivity index (χ4v) is 2.16. The van der Waals surface area contributed by atoms with Crippen molar-refractivity contribution in [3.8, 4) is 0 Å². The van der Waals surface area contributed by atoms with Gasteiger partial charge in [0.25, 0.3) is 5.56 Å². The van der Waals surface area contributed by atoms with E-state index in [2.05, 4.69) is 4.98 Å². The van der Waals surface area contributed by atoms with Gasteiger partial charge in [-0.15, -0.1) is 11.3 Å². The van der Waals surface area contributed by atoms with Gasteiger partial charge in [-0.2, -0.15) is 0 Å². The van der Waals surface area contributed by atoms with Crippen molar-refractivity contribution in [3.05, 3.63) is 28.1 Å². The minimum atomic E-state index is -0.568. The molecule has 5 heteroatoms. The Kier molecular flexibility index (Phi) is 2.58. The summed E-state index contributed by atoms with van der Waals surface area (Å²) in [6.45, 7) is 3.46. The predicted octanol–water partition coefficient (Wildman–Crippen LogP) is 1.40. The molecule has 2 rings (SSSR count). The third-order valence-corrected chi connectivity index (χ3v) is 3.42. The Morgan fingerprint density at radius 2 is 2.27 bits per heavy atom. The van der Waals surface area contributed by atoms with E-state index in [1.54, 1.807) is 13.8 Å². The van der Waals surface area contributed by atoms with Crippen LogP contribution >= 0.6 is 11.3 Å². The molecule has 0 saturated carbocycles. The highest BCUT2D eigenvalue weighted by Gasteiger charge is 2.14. The van der Waals surface area contributed by atoms with Gasteiger partial charge in [0.05, 0.1) is 24.0 Å². The second kappa shape index (κ2) is 3.75. The van der Waals surface area contributed by atoms with Gasteiger partial charge in [0.2, 0.25) is 0 Å². The zero-order valence-electron chi connectivity index (χ0n) is 8.54. The van der Waals surface area contributed by atoms with Crippen molar-refractivity contribution in [3.63, 3.8) is 0 Å². The normalized spacial score (nSPS) is 15.4. The van der Waals surface area contributed by atoms with Crippen molar-refractivity contribution in [1.29, 1.82) is 0 Å². The highest BCUT2D eigenvalue weighted by Crippen LogP contribution is 2.15. The molecule has 1 N–H and O–H groups in total. The minimum Gasteiger partial charge on any atom is -0.391 e. The summed E-state index contributed by atoms with van der Waals surface area (Å²) < 4.78 is 2.12. The molecule has 2 aromatic heterocycles. The average Bonchev–Trinajstić information content (AvgIpc) is 2.66. The monoisotopic (exact) mass is 224 g/mol. The van der Waals surface area contributed by atoms with Crippen LogP contribution in [0.1, 0.15) is 19.9 Å². The first kappa shape index (κ1) is 10.3. The van der Waals surface area contributed by atoms with Crippen LogP contribution in [-0.4, -0.2) is 20.8 Å². The molecule has 0 aliphatic carbocycles. The maximum Gasteiger partial charge on any atom is 0.271 e. The molecule has 15 heavy (non-hydrogen) atoms. The molecule has 2 unspecified atom stereocenters. The summed E-state index contributed by atoms with van der Waals surface area (Å²) in [6.07, 6.45) is 0.927. The first-order valence-corrected chi connectivity index (χ1v) is 5.61. The smallest absolute Gasteiger partial charge is 0.271 e. The molecule has 0 spiro atoms. The van der Waals surface area contributed by atoms with Gasteiger partial charge in [-0.25, -0.2) is 4.98 Å². The SMILES string of the molecule is CC(O)C(C)n1cnc2ccsc2c1=O. The van der Waals surface area contributed by atoms with Crippen LogP contribution in [0.5, 0.6) is 0 Å². The number of nitrogens with zero attached hydrogens (tertiary/aromatic N) is 2. The summed E-state index contributed by atoms with van der Waals surface area (Å²) in [5.41, 5.74) is 0.641. The Labute approximate surface area is 90.8 Å². The maximum absolute atomic E-state index is 12.0. The van der Waals surface area contributed by atoms with E-state index >= 15 is 0 Å². The third-order valence-electron chi connectivity index (χ3n) is 2.53. The molecule has 0 saturated heterocycles. The highest BCUT2D eigenvalue weighted by atomic mass is 32.1. The lowest BCUT2D eigenvalue weighted by atomic mass is 10.2. The third kappa shape index (κ3) is 1.68. The van der Waals surface area contributed by atoms with E-state index in [-0.39, 0.29) is 11.6 Å². The van der Waals surface area contributed by atoms with Crippen LogP contribution in [0.4, 0.5) is 0 Å². The van der Waals surface area contributed by atoms with Gasteiger partial charge < -0.3 is 5.11 Å². The molecule has 2 aromatic rings. The van der Waals surface area contributed by atoms with E-state index in [0.717, 1.165) is 5.52 Å². The Bertz CT molecular complexity index is 529. The first-order valence-electron chi connectivity index (χ1n) is 4.73. The predicted molar refractivity (Wildman–Crippen MR) is 60.3 cm³/mol. The van der Waals surface area contributed by atoms with Crippen LogP contribution < -0.4 is 5.56 Å². The van der Waals surface area contributed by atoms with Gasteiger partial charge in [0.15, 0.2) is 0 Å². The van der Waals surface area contributed by atoms with E-state index in [9.17, 15) is 9.90 Å². The first-order chi connectivity index (χ1) is 7.11. The molecule has 0 bridgehead atoms. The minimum absolute atomic E-state index is 0.0802. The number of hydrogen-bond donors (Lipinski definition) is 1. The standard InChI is InChI=1S/C10H12N2O2S/c1-6(7(2)13)12-5-11-8-3-4-15-9(8)10(12)14/h3-7,13H,1-2H3. The summed E-state index contributed by atoms with van der Waals surface area (Å²) in [7, 11) is 0. The zero-order chi connectivity index (χ0) is 11.0. The van der Waals surface area contributed by atoms with Gasteiger partial charge in [-0.3, -0.25) is 9.36 Å². The highest BCUT2D eigenvalue weighted by molar-refractivity contribution is 7.17. The molecule has 4 nitrogen and oxygen atoms in total. The fraction of sp³-hybridized carbons (Fsp3) is 0.400. The number of fused-ring (bicyclic) bond motifs is 1. The molecule has 0 aliphatic rings. The molecule has 80 valence electrons. The van der Waals surface area contributed by atoms with E-state index in [4.69, 9.17) is 0 Å². The van der Waals surface area contributed by atoms with Crippen molar-refractivity contribution in [2.45, 2.75) is 26.0 Å². The number of aliphatic hydroxyl groups excluding tert-OH is 1. The summed E-state index contributed by atoms with van der Waals surface area (Å²) in [5.74, 6) is 0. The molecule has 2 atom stereocenters. The van der Waals surface area contributed by atoms with Gasteiger partial charge >= 0.3 is 0 Å². The lowest BCUT2D eigenvalue weighted by Gasteiger charge is -2.16. The van der Waals surface area contributed by atoms with E-state index in [1.165, 1.54) is 22.2 Å². The Morgan fingerprint density at radius 1 is 1.53 bits per heavy atom. The zero-order valence-corrected chi connectivity index (χ0v) is 9.36. The molecular formula is C10H12N2O2S. The van der Waals surface area contributed by atoms with Gasteiger partial charge in [-0.05, 0) is 25.3 Å². The number of rotatable bonds is 2. The van der Waals surface area contributed by atoms with Crippen molar-refractivity contribution in [2.75, 3.05) is 0 Å².